The van der Waals surface area contributed by atoms with Crippen LogP contribution in [-0.2, 0) is 10.0 Å². The van der Waals surface area contributed by atoms with Gasteiger partial charge in [-0.2, -0.15) is 0 Å². The molecule has 2 N–H and O–H groups in total. The smallest absolute Gasteiger partial charge is 0.336 e. The van der Waals surface area contributed by atoms with Crippen LogP contribution in [0.25, 0.3) is 0 Å². The summed E-state index contributed by atoms with van der Waals surface area (Å²) < 4.78 is 33.3. The van der Waals surface area contributed by atoms with Crippen LogP contribution in [-0.4, -0.2) is 19.5 Å². The molecule has 0 aliphatic rings. The number of anilines is 1. The molecule has 3 aromatic rings. The van der Waals surface area contributed by atoms with Crippen LogP contribution >= 0.6 is 11.3 Å². The van der Waals surface area contributed by atoms with Crippen molar-refractivity contribution in [3.8, 4) is 11.5 Å². The lowest BCUT2D eigenvalue weighted by Gasteiger charge is -2.13. The van der Waals surface area contributed by atoms with Crippen molar-refractivity contribution < 1.29 is 23.1 Å². The highest BCUT2D eigenvalue weighted by Gasteiger charge is 2.20. The molecule has 0 atom stereocenters. The lowest BCUT2D eigenvalue weighted by Crippen LogP contribution is -2.12. The van der Waals surface area contributed by atoms with Crippen LogP contribution < -0.4 is 9.46 Å². The van der Waals surface area contributed by atoms with Crippen LogP contribution in [0.5, 0.6) is 11.5 Å². The zero-order chi connectivity index (χ0) is 18.7. The van der Waals surface area contributed by atoms with Crippen LogP contribution in [0.1, 0.15) is 15.9 Å². The van der Waals surface area contributed by atoms with E-state index in [9.17, 15) is 13.2 Å². The van der Waals surface area contributed by atoms with Crippen molar-refractivity contribution in [3.05, 3.63) is 71.1 Å². The Morgan fingerprint density at radius 1 is 1.12 bits per heavy atom. The molecule has 8 heteroatoms. The molecule has 26 heavy (non-hydrogen) atoms. The first-order valence-electron chi connectivity index (χ1n) is 7.53. The quantitative estimate of drug-likeness (QED) is 0.654. The normalized spacial score (nSPS) is 11.1. The number of aryl methyl sites for hydroxylation is 1. The van der Waals surface area contributed by atoms with Gasteiger partial charge < -0.3 is 9.84 Å². The van der Waals surface area contributed by atoms with Crippen LogP contribution in [0.2, 0.25) is 0 Å². The fourth-order valence-corrected chi connectivity index (χ4v) is 4.43. The van der Waals surface area contributed by atoms with E-state index in [2.05, 4.69) is 4.72 Å². The fraction of sp³-hybridized carbons (Fsp3) is 0.0556. The van der Waals surface area contributed by atoms with Crippen LogP contribution in [0.15, 0.2) is 64.2 Å². The van der Waals surface area contributed by atoms with E-state index in [1.807, 2.05) is 25.1 Å². The number of hydrogen-bond donors (Lipinski definition) is 2. The van der Waals surface area contributed by atoms with Gasteiger partial charge in [-0.15, -0.1) is 11.3 Å². The van der Waals surface area contributed by atoms with Gasteiger partial charge in [0.15, 0.2) is 5.75 Å². The third kappa shape index (κ3) is 4.04. The van der Waals surface area contributed by atoms with Gasteiger partial charge in [0.1, 0.15) is 9.96 Å². The summed E-state index contributed by atoms with van der Waals surface area (Å²) in [6, 6.07) is 15.1. The molecule has 0 aliphatic heterocycles. The summed E-state index contributed by atoms with van der Waals surface area (Å²) in [4.78, 5) is 11.0. The molecule has 0 amide bonds. The molecule has 0 saturated heterocycles. The van der Waals surface area contributed by atoms with Gasteiger partial charge >= 0.3 is 5.97 Å². The van der Waals surface area contributed by atoms with Gasteiger partial charge in [-0.1, -0.05) is 24.3 Å². The Balaban J connectivity index is 1.88. The number of carboxylic acids is 1. The first-order valence-corrected chi connectivity index (χ1v) is 9.89. The Labute approximate surface area is 154 Å². The van der Waals surface area contributed by atoms with Crippen molar-refractivity contribution >= 4 is 33.0 Å². The minimum Gasteiger partial charge on any atom is -0.478 e. The van der Waals surface area contributed by atoms with Gasteiger partial charge in [0.05, 0.1) is 11.3 Å². The van der Waals surface area contributed by atoms with E-state index in [1.54, 1.807) is 30.3 Å². The summed E-state index contributed by atoms with van der Waals surface area (Å²) >= 11 is 0.844. The summed E-state index contributed by atoms with van der Waals surface area (Å²) in [7, 11) is -3.92. The zero-order valence-electron chi connectivity index (χ0n) is 13.7. The zero-order valence-corrected chi connectivity index (χ0v) is 15.3. The molecule has 0 spiro atoms. The lowest BCUT2D eigenvalue weighted by atomic mass is 10.2. The molecule has 0 fully saturated rings. The molecule has 0 bridgehead atoms. The highest BCUT2D eigenvalue weighted by Crippen LogP contribution is 2.32. The summed E-state index contributed by atoms with van der Waals surface area (Å²) in [5.74, 6) is -0.247. The Hall–Kier alpha value is -2.84. The minimum atomic E-state index is -3.92. The van der Waals surface area contributed by atoms with Gasteiger partial charge in [0.2, 0.25) is 0 Å². The van der Waals surface area contributed by atoms with Crippen molar-refractivity contribution in [1.29, 1.82) is 0 Å². The number of carbonyl (C=O) groups is 1. The maximum atomic E-state index is 12.5. The molecule has 0 aliphatic carbocycles. The molecule has 0 unspecified atom stereocenters. The SMILES string of the molecule is Cc1cccc(Oc2ccccc2NS(=O)(=O)c2cc(C(=O)O)cs2)c1. The fourth-order valence-electron chi connectivity index (χ4n) is 2.21. The van der Waals surface area contributed by atoms with E-state index >= 15 is 0 Å². The van der Waals surface area contributed by atoms with Gasteiger partial charge in [-0.25, -0.2) is 13.2 Å². The number of sulfonamides is 1. The number of hydrogen-bond acceptors (Lipinski definition) is 5. The predicted octanol–water partition coefficient (Wildman–Crippen LogP) is 4.35. The summed E-state index contributed by atoms with van der Waals surface area (Å²) in [6.07, 6.45) is 0. The number of aromatic carboxylic acids is 1. The standard InChI is InChI=1S/C18H15NO5S2/c1-12-5-4-6-14(9-12)24-16-8-3-2-7-15(16)19-26(22,23)17-10-13(11-25-17)18(20)21/h2-11,19H,1H3,(H,20,21). The predicted molar refractivity (Wildman–Crippen MR) is 99.8 cm³/mol. The number of nitrogens with one attached hydrogen (secondary N) is 1. The monoisotopic (exact) mass is 389 g/mol. The molecule has 0 saturated carbocycles. The first-order chi connectivity index (χ1) is 12.3. The van der Waals surface area contributed by atoms with Crippen LogP contribution in [0.4, 0.5) is 5.69 Å². The van der Waals surface area contributed by atoms with E-state index in [4.69, 9.17) is 9.84 Å². The number of rotatable bonds is 6. The molecule has 134 valence electrons. The topological polar surface area (TPSA) is 92.7 Å². The molecule has 0 radical (unpaired) electrons. The number of benzene rings is 2. The van der Waals surface area contributed by atoms with E-state index in [0.717, 1.165) is 23.0 Å². The van der Waals surface area contributed by atoms with Crippen molar-refractivity contribution in [2.24, 2.45) is 0 Å². The highest BCUT2D eigenvalue weighted by atomic mass is 32.2. The average molecular weight is 389 g/mol. The Morgan fingerprint density at radius 3 is 2.58 bits per heavy atom. The Kier molecular flexibility index (Phi) is 4.97. The third-order valence-corrected chi connectivity index (χ3v) is 6.24. The lowest BCUT2D eigenvalue weighted by molar-refractivity contribution is 0.0697. The van der Waals surface area contributed by atoms with Crippen LogP contribution in [0, 0.1) is 6.92 Å². The van der Waals surface area contributed by atoms with Crippen molar-refractivity contribution in [1.82, 2.24) is 0 Å². The maximum absolute atomic E-state index is 12.5. The summed E-state index contributed by atoms with van der Waals surface area (Å²) in [5, 5.41) is 10.2. The maximum Gasteiger partial charge on any atom is 0.336 e. The van der Waals surface area contributed by atoms with Crippen molar-refractivity contribution in [3.63, 3.8) is 0 Å². The molecular weight excluding hydrogens is 374 g/mol. The van der Waals surface area contributed by atoms with Gasteiger partial charge in [0.25, 0.3) is 10.0 Å². The second-order valence-electron chi connectivity index (χ2n) is 5.48. The van der Waals surface area contributed by atoms with Gasteiger partial charge in [-0.05, 0) is 42.8 Å². The summed E-state index contributed by atoms with van der Waals surface area (Å²) in [5.41, 5.74) is 1.21. The third-order valence-electron chi connectivity index (χ3n) is 3.44. The second-order valence-corrected chi connectivity index (χ2v) is 8.30. The number of para-hydroxylation sites is 2. The van der Waals surface area contributed by atoms with Crippen LogP contribution in [0.3, 0.4) is 0 Å². The molecule has 1 heterocycles. The molecule has 1 aromatic heterocycles. The van der Waals surface area contributed by atoms with E-state index in [1.165, 1.54) is 5.38 Å². The molecule has 6 nitrogen and oxygen atoms in total. The highest BCUT2D eigenvalue weighted by molar-refractivity contribution is 7.94. The minimum absolute atomic E-state index is 0.0697. The van der Waals surface area contributed by atoms with E-state index in [0.29, 0.717) is 11.5 Å². The Morgan fingerprint density at radius 2 is 1.88 bits per heavy atom. The van der Waals surface area contributed by atoms with Crippen molar-refractivity contribution in [2.75, 3.05) is 4.72 Å². The first kappa shape index (κ1) is 18.0. The Bertz CT molecular complexity index is 1060. The number of ether oxygens (including phenoxy) is 1. The second kappa shape index (κ2) is 7.19. The summed E-state index contributed by atoms with van der Waals surface area (Å²) in [6.45, 7) is 1.93. The molecule has 2 aromatic carbocycles. The van der Waals surface area contributed by atoms with Gasteiger partial charge in [0, 0.05) is 5.38 Å². The number of thiophene rings is 1. The average Bonchev–Trinajstić information content (AvgIpc) is 3.08. The number of carboxylic acid groups (broad SMARTS) is 1. The molecular formula is C18H15NO5S2. The largest absolute Gasteiger partial charge is 0.478 e. The van der Waals surface area contributed by atoms with E-state index < -0.39 is 16.0 Å². The van der Waals surface area contributed by atoms with Crippen molar-refractivity contribution in [2.45, 2.75) is 11.1 Å². The van der Waals surface area contributed by atoms with Gasteiger partial charge in [-0.3, -0.25) is 4.72 Å². The van der Waals surface area contributed by atoms with E-state index in [-0.39, 0.29) is 15.5 Å². The molecule has 3 rings (SSSR count).